The molecule has 0 unspecified atom stereocenters. The van der Waals surface area contributed by atoms with E-state index in [4.69, 9.17) is 14.8 Å². The van der Waals surface area contributed by atoms with Gasteiger partial charge in [0.25, 0.3) is 0 Å². The second-order valence-corrected chi connectivity index (χ2v) is 4.59. The van der Waals surface area contributed by atoms with Gasteiger partial charge in [-0.15, -0.1) is 0 Å². The quantitative estimate of drug-likeness (QED) is 0.586. The van der Waals surface area contributed by atoms with Gasteiger partial charge in [-0.3, -0.25) is 0 Å². The second-order valence-electron chi connectivity index (χ2n) is 4.59. The van der Waals surface area contributed by atoms with Crippen molar-refractivity contribution in [3.63, 3.8) is 0 Å². The van der Waals surface area contributed by atoms with Crippen LogP contribution in [0.5, 0.6) is 5.88 Å². The lowest BCUT2D eigenvalue weighted by molar-refractivity contribution is 0.295. The average Bonchev–Trinajstić information content (AvgIpc) is 2.48. The van der Waals surface area contributed by atoms with Gasteiger partial charge in [-0.1, -0.05) is 36.4 Å². The topological polar surface area (TPSA) is 62.6 Å². The Hall–Kier alpha value is -1.85. The molecule has 2 rings (SSSR count). The van der Waals surface area contributed by atoms with E-state index in [1.807, 2.05) is 18.2 Å². The molecule has 0 aliphatic rings. The largest absolute Gasteiger partial charge is 0.490 e. The lowest BCUT2D eigenvalue weighted by Gasteiger charge is -2.06. The van der Waals surface area contributed by atoms with Crippen molar-refractivity contribution in [1.29, 1.82) is 0 Å². The minimum atomic E-state index is -1.48. The van der Waals surface area contributed by atoms with Crippen LogP contribution in [0, 0.1) is 0 Å². The first-order chi connectivity index (χ1) is 9.75. The first kappa shape index (κ1) is 14.6. The molecular weight excluding hydrogens is 253 g/mol. The van der Waals surface area contributed by atoms with Crippen LogP contribution in [-0.4, -0.2) is 28.8 Å². The Bertz CT molecular complexity index is 502. The zero-order valence-electron chi connectivity index (χ0n) is 11.3. The van der Waals surface area contributed by atoms with Crippen LogP contribution in [0.1, 0.15) is 18.4 Å². The van der Waals surface area contributed by atoms with E-state index >= 15 is 0 Å². The molecule has 1 aromatic carbocycles. The average molecular weight is 271 g/mol. The molecule has 1 heterocycles. The predicted octanol–water partition coefficient (Wildman–Crippen LogP) is 1.16. The summed E-state index contributed by atoms with van der Waals surface area (Å²) in [6.45, 7) is 0.612. The van der Waals surface area contributed by atoms with Gasteiger partial charge in [0.2, 0.25) is 5.88 Å². The number of aryl methyl sites for hydroxylation is 1. The maximum Gasteiger partial charge on any atom is 0.490 e. The summed E-state index contributed by atoms with van der Waals surface area (Å²) in [6.07, 6.45) is 4.48. The summed E-state index contributed by atoms with van der Waals surface area (Å²) in [4.78, 5) is 4.01. The minimum absolute atomic E-state index is 0.362. The number of ether oxygens (including phenoxy) is 1. The molecule has 0 atom stereocenters. The van der Waals surface area contributed by atoms with E-state index in [1.165, 1.54) is 11.8 Å². The van der Waals surface area contributed by atoms with Crippen molar-refractivity contribution < 1.29 is 14.8 Å². The highest BCUT2D eigenvalue weighted by molar-refractivity contribution is 6.58. The van der Waals surface area contributed by atoms with Crippen LogP contribution >= 0.6 is 0 Å². The van der Waals surface area contributed by atoms with Gasteiger partial charge in [-0.05, 0) is 30.9 Å². The Morgan fingerprint density at radius 2 is 1.80 bits per heavy atom. The number of pyridine rings is 1. The summed E-state index contributed by atoms with van der Waals surface area (Å²) in [5.74, 6) is 0.508. The van der Waals surface area contributed by atoms with Crippen molar-refractivity contribution in [1.82, 2.24) is 4.98 Å². The van der Waals surface area contributed by atoms with E-state index in [0.717, 1.165) is 19.3 Å². The predicted molar refractivity (Wildman–Crippen MR) is 78.9 cm³/mol. The van der Waals surface area contributed by atoms with Gasteiger partial charge >= 0.3 is 7.12 Å². The number of hydrogen-bond donors (Lipinski definition) is 2. The molecule has 0 aliphatic carbocycles. The molecule has 0 bridgehead atoms. The molecule has 0 fully saturated rings. The fraction of sp³-hybridized carbons (Fsp3) is 0.267. The maximum absolute atomic E-state index is 8.94. The van der Waals surface area contributed by atoms with Gasteiger partial charge < -0.3 is 14.8 Å². The van der Waals surface area contributed by atoms with E-state index in [0.29, 0.717) is 17.9 Å². The highest BCUT2D eigenvalue weighted by Crippen LogP contribution is 2.07. The SMILES string of the molecule is OB(O)c1ccc(OCCCCc2ccccc2)nc1. The van der Waals surface area contributed by atoms with Crippen molar-refractivity contribution in [2.75, 3.05) is 6.61 Å². The second kappa shape index (κ2) is 7.67. The van der Waals surface area contributed by atoms with Crippen molar-refractivity contribution in [3.8, 4) is 5.88 Å². The van der Waals surface area contributed by atoms with Gasteiger partial charge in [0.05, 0.1) is 6.61 Å². The van der Waals surface area contributed by atoms with Crippen LogP contribution in [0.3, 0.4) is 0 Å². The van der Waals surface area contributed by atoms with E-state index in [1.54, 1.807) is 12.1 Å². The lowest BCUT2D eigenvalue weighted by atomic mass is 9.82. The summed E-state index contributed by atoms with van der Waals surface area (Å²) in [7, 11) is -1.48. The maximum atomic E-state index is 8.94. The van der Waals surface area contributed by atoms with Crippen LogP contribution < -0.4 is 10.2 Å². The fourth-order valence-corrected chi connectivity index (χ4v) is 1.88. The van der Waals surface area contributed by atoms with Crippen LogP contribution in [0.2, 0.25) is 0 Å². The van der Waals surface area contributed by atoms with E-state index in [2.05, 4.69) is 17.1 Å². The Morgan fingerprint density at radius 1 is 1.00 bits per heavy atom. The summed E-state index contributed by atoms with van der Waals surface area (Å²) in [5, 5.41) is 17.9. The highest BCUT2D eigenvalue weighted by Gasteiger charge is 2.10. The molecule has 20 heavy (non-hydrogen) atoms. The van der Waals surface area contributed by atoms with Gasteiger partial charge in [0, 0.05) is 11.7 Å². The first-order valence-electron chi connectivity index (χ1n) is 6.74. The monoisotopic (exact) mass is 271 g/mol. The first-order valence-corrected chi connectivity index (χ1v) is 6.74. The van der Waals surface area contributed by atoms with Gasteiger partial charge in [0.1, 0.15) is 0 Å². The number of aromatic nitrogens is 1. The highest BCUT2D eigenvalue weighted by atomic mass is 16.5. The zero-order valence-corrected chi connectivity index (χ0v) is 11.3. The Balaban J connectivity index is 1.66. The van der Waals surface area contributed by atoms with Crippen molar-refractivity contribution in [3.05, 3.63) is 54.2 Å². The number of rotatable bonds is 7. The molecule has 0 saturated carbocycles. The summed E-state index contributed by atoms with van der Waals surface area (Å²) < 4.78 is 5.50. The molecule has 104 valence electrons. The molecule has 2 N–H and O–H groups in total. The molecule has 0 saturated heterocycles. The lowest BCUT2D eigenvalue weighted by Crippen LogP contribution is -2.29. The Labute approximate surface area is 119 Å². The van der Waals surface area contributed by atoms with Crippen molar-refractivity contribution >= 4 is 12.6 Å². The Kier molecular flexibility index (Phi) is 5.59. The molecular formula is C15H18BNO3. The van der Waals surface area contributed by atoms with Crippen LogP contribution in [0.25, 0.3) is 0 Å². The normalized spacial score (nSPS) is 10.3. The molecule has 2 aromatic rings. The smallest absolute Gasteiger partial charge is 0.478 e. The van der Waals surface area contributed by atoms with Gasteiger partial charge in [-0.25, -0.2) is 4.98 Å². The number of hydrogen-bond acceptors (Lipinski definition) is 4. The molecule has 0 radical (unpaired) electrons. The number of nitrogens with zero attached hydrogens (tertiary/aromatic N) is 1. The minimum Gasteiger partial charge on any atom is -0.478 e. The van der Waals surface area contributed by atoms with Crippen LogP contribution in [-0.2, 0) is 6.42 Å². The molecule has 1 aromatic heterocycles. The molecule has 0 amide bonds. The summed E-state index contributed by atoms with van der Waals surface area (Å²) in [6, 6.07) is 13.6. The van der Waals surface area contributed by atoms with E-state index in [9.17, 15) is 0 Å². The standard InChI is InChI=1S/C15H18BNO3/c18-16(19)14-9-10-15(17-12-14)20-11-5-4-8-13-6-2-1-3-7-13/h1-3,6-7,9-10,12,18-19H,4-5,8,11H2. The van der Waals surface area contributed by atoms with Crippen molar-refractivity contribution in [2.45, 2.75) is 19.3 Å². The zero-order chi connectivity index (χ0) is 14.2. The fourth-order valence-electron chi connectivity index (χ4n) is 1.88. The van der Waals surface area contributed by atoms with Crippen LogP contribution in [0.15, 0.2) is 48.7 Å². The third kappa shape index (κ3) is 4.68. The van der Waals surface area contributed by atoms with Gasteiger partial charge in [-0.2, -0.15) is 0 Å². The van der Waals surface area contributed by atoms with E-state index in [-0.39, 0.29) is 0 Å². The number of benzene rings is 1. The van der Waals surface area contributed by atoms with E-state index < -0.39 is 7.12 Å². The Morgan fingerprint density at radius 3 is 2.45 bits per heavy atom. The van der Waals surface area contributed by atoms with Crippen molar-refractivity contribution in [2.24, 2.45) is 0 Å². The summed E-state index contributed by atoms with van der Waals surface area (Å²) in [5.41, 5.74) is 1.70. The number of unbranched alkanes of at least 4 members (excludes halogenated alkanes) is 1. The van der Waals surface area contributed by atoms with Crippen LogP contribution in [0.4, 0.5) is 0 Å². The summed E-state index contributed by atoms with van der Waals surface area (Å²) >= 11 is 0. The molecule has 0 spiro atoms. The third-order valence-corrected chi connectivity index (χ3v) is 3.01. The molecule has 5 heteroatoms. The molecule has 4 nitrogen and oxygen atoms in total. The molecule has 0 aliphatic heterocycles. The third-order valence-electron chi connectivity index (χ3n) is 3.01. The van der Waals surface area contributed by atoms with Gasteiger partial charge in [0.15, 0.2) is 0 Å².